The number of hydrogen-bond acceptors (Lipinski definition) is 2. The van der Waals surface area contributed by atoms with Crippen molar-refractivity contribution in [2.24, 2.45) is 5.92 Å². The van der Waals surface area contributed by atoms with E-state index in [2.05, 4.69) is 24.3 Å². The van der Waals surface area contributed by atoms with Gasteiger partial charge in [0.25, 0.3) is 0 Å². The Labute approximate surface area is 120 Å². The van der Waals surface area contributed by atoms with Crippen LogP contribution in [-0.2, 0) is 15.7 Å². The summed E-state index contributed by atoms with van der Waals surface area (Å²) < 4.78 is 14.1. The summed E-state index contributed by atoms with van der Waals surface area (Å²) >= 11 is 0.522. The Balaban J connectivity index is 1.59. The van der Waals surface area contributed by atoms with Gasteiger partial charge >= 0.3 is 120 Å². The zero-order chi connectivity index (χ0) is 12.2. The van der Waals surface area contributed by atoms with Crippen LogP contribution >= 0.6 is 0 Å². The van der Waals surface area contributed by atoms with E-state index in [9.17, 15) is 0 Å². The van der Waals surface area contributed by atoms with Crippen LogP contribution in [-0.4, -0.2) is 29.2 Å². The summed E-state index contributed by atoms with van der Waals surface area (Å²) in [4.78, 5) is 0. The predicted octanol–water partition coefficient (Wildman–Crippen LogP) is -1.53. The van der Waals surface area contributed by atoms with Crippen molar-refractivity contribution in [1.29, 1.82) is 0 Å². The van der Waals surface area contributed by atoms with Gasteiger partial charge in [0.2, 0.25) is 0 Å². The second kappa shape index (κ2) is 6.39. The maximum atomic E-state index is 5.51. The van der Waals surface area contributed by atoms with Crippen LogP contribution in [0.4, 0.5) is 0 Å². The van der Waals surface area contributed by atoms with Crippen LogP contribution in [0.1, 0.15) is 18.4 Å². The molecule has 4 heteroatoms. The predicted molar refractivity (Wildman–Crippen MR) is 69.9 cm³/mol. The molecule has 2 fully saturated rings. The first-order valence-electron chi connectivity index (χ1n) is 6.77. The summed E-state index contributed by atoms with van der Waals surface area (Å²) in [5, 5.41) is 0. The first kappa shape index (κ1) is 12.9. The van der Waals surface area contributed by atoms with Crippen LogP contribution in [0, 0.1) is 5.92 Å². The normalized spacial score (nSPS) is 24.9. The first-order chi connectivity index (χ1) is 8.92. The van der Waals surface area contributed by atoms with Crippen LogP contribution in [0.5, 0.6) is 0 Å². The molecule has 2 saturated heterocycles. The second-order valence-electron chi connectivity index (χ2n) is 5.06. The van der Waals surface area contributed by atoms with E-state index in [1.165, 1.54) is 29.3 Å². The molecule has 98 valence electrons. The van der Waals surface area contributed by atoms with Gasteiger partial charge in [-0.15, -0.1) is 0 Å². The standard InChI is InChI=1S/C14H19BIO2/c1-2-13(11-16-7-1)10-12-3-5-14(6-4-12)15-17-8-9-18-15/h3-6,13H,1-2,7-11H2/q-1. The summed E-state index contributed by atoms with van der Waals surface area (Å²) in [6.45, 7) is 1.44. The van der Waals surface area contributed by atoms with Gasteiger partial charge < -0.3 is 0 Å². The van der Waals surface area contributed by atoms with Crippen LogP contribution in [0.3, 0.4) is 0 Å². The average molecular weight is 357 g/mol. The fraction of sp³-hybridized carbons (Fsp3) is 0.571. The summed E-state index contributed by atoms with van der Waals surface area (Å²) in [5.74, 6) is 0.955. The van der Waals surface area contributed by atoms with Crippen molar-refractivity contribution in [3.63, 3.8) is 0 Å². The van der Waals surface area contributed by atoms with Gasteiger partial charge in [-0.05, 0) is 0 Å². The maximum absolute atomic E-state index is 5.51. The van der Waals surface area contributed by atoms with Crippen molar-refractivity contribution in [2.45, 2.75) is 19.3 Å². The molecule has 2 aliphatic heterocycles. The molecule has 2 aliphatic rings. The van der Waals surface area contributed by atoms with Crippen molar-refractivity contribution in [3.05, 3.63) is 29.8 Å². The molecule has 0 aliphatic carbocycles. The van der Waals surface area contributed by atoms with Gasteiger partial charge in [-0.2, -0.15) is 0 Å². The Bertz CT molecular complexity index is 370. The molecule has 0 radical (unpaired) electrons. The van der Waals surface area contributed by atoms with Crippen molar-refractivity contribution < 1.29 is 30.5 Å². The third kappa shape index (κ3) is 3.28. The molecular weight excluding hydrogens is 338 g/mol. The van der Waals surface area contributed by atoms with Crippen molar-refractivity contribution in [2.75, 3.05) is 22.1 Å². The Morgan fingerprint density at radius 1 is 1.17 bits per heavy atom. The third-order valence-electron chi connectivity index (χ3n) is 3.61. The van der Waals surface area contributed by atoms with Crippen molar-refractivity contribution in [3.8, 4) is 0 Å². The van der Waals surface area contributed by atoms with E-state index in [4.69, 9.17) is 9.31 Å². The Kier molecular flexibility index (Phi) is 4.60. The zero-order valence-corrected chi connectivity index (χ0v) is 12.8. The fourth-order valence-electron chi connectivity index (χ4n) is 2.62. The molecule has 0 aromatic heterocycles. The summed E-state index contributed by atoms with van der Waals surface area (Å²) in [6.07, 6.45) is 4.18. The molecule has 0 bridgehead atoms. The molecule has 18 heavy (non-hydrogen) atoms. The van der Waals surface area contributed by atoms with Gasteiger partial charge in [0.05, 0.1) is 0 Å². The van der Waals surface area contributed by atoms with Gasteiger partial charge in [0, 0.05) is 0 Å². The van der Waals surface area contributed by atoms with Gasteiger partial charge in [-0.3, -0.25) is 0 Å². The van der Waals surface area contributed by atoms with Crippen molar-refractivity contribution >= 4 is 12.6 Å². The number of rotatable bonds is 3. The van der Waals surface area contributed by atoms with E-state index in [1.807, 2.05) is 0 Å². The molecule has 2 nitrogen and oxygen atoms in total. The molecule has 0 spiro atoms. The summed E-state index contributed by atoms with van der Waals surface area (Å²) in [5.41, 5.74) is 2.64. The van der Waals surface area contributed by atoms with Gasteiger partial charge in [0.15, 0.2) is 0 Å². The topological polar surface area (TPSA) is 18.5 Å². The Hall–Kier alpha value is -0.0651. The molecule has 1 aromatic carbocycles. The number of hydrogen-bond donors (Lipinski definition) is 0. The Morgan fingerprint density at radius 3 is 2.61 bits per heavy atom. The SMILES string of the molecule is c1cc(B2OCCO2)ccc1CC1CCC[I-]C1. The minimum atomic E-state index is -0.125. The molecule has 3 rings (SSSR count). The molecule has 1 atom stereocenters. The summed E-state index contributed by atoms with van der Waals surface area (Å²) in [6, 6.07) is 8.85. The average Bonchev–Trinajstić information content (AvgIpc) is 2.95. The van der Waals surface area contributed by atoms with Gasteiger partial charge in [-0.25, -0.2) is 0 Å². The molecule has 1 unspecified atom stereocenters. The molecule has 1 aromatic rings. The molecule has 0 saturated carbocycles. The van der Waals surface area contributed by atoms with Crippen LogP contribution in [0.15, 0.2) is 24.3 Å². The van der Waals surface area contributed by atoms with Crippen LogP contribution < -0.4 is 26.7 Å². The van der Waals surface area contributed by atoms with Crippen LogP contribution in [0.25, 0.3) is 0 Å². The summed E-state index contributed by atoms with van der Waals surface area (Å²) in [7, 11) is -0.125. The van der Waals surface area contributed by atoms with Crippen LogP contribution in [0.2, 0.25) is 0 Å². The number of halogens is 1. The quantitative estimate of drug-likeness (QED) is 0.372. The van der Waals surface area contributed by atoms with E-state index in [1.54, 1.807) is 4.43 Å². The van der Waals surface area contributed by atoms with Gasteiger partial charge in [-0.1, -0.05) is 0 Å². The minimum absolute atomic E-state index is 0.125. The number of benzene rings is 1. The fourth-order valence-corrected chi connectivity index (χ4v) is 5.67. The van der Waals surface area contributed by atoms with E-state index < -0.39 is 0 Å². The third-order valence-corrected chi connectivity index (χ3v) is 7.00. The molecule has 2 heterocycles. The molecular formula is C14H19BIO2-. The molecule has 0 amide bonds. The van der Waals surface area contributed by atoms with E-state index >= 15 is 0 Å². The second-order valence-corrected chi connectivity index (χ2v) is 8.10. The monoisotopic (exact) mass is 357 g/mol. The van der Waals surface area contributed by atoms with Crippen molar-refractivity contribution in [1.82, 2.24) is 0 Å². The first-order valence-corrected chi connectivity index (χ1v) is 9.82. The van der Waals surface area contributed by atoms with E-state index in [0.29, 0.717) is 21.2 Å². The number of alkyl halides is 2. The van der Waals surface area contributed by atoms with E-state index in [0.717, 1.165) is 24.6 Å². The van der Waals surface area contributed by atoms with E-state index in [-0.39, 0.29) is 7.12 Å². The molecule has 0 N–H and O–H groups in total. The zero-order valence-electron chi connectivity index (χ0n) is 10.6. The van der Waals surface area contributed by atoms with Gasteiger partial charge in [0.1, 0.15) is 0 Å². The Morgan fingerprint density at radius 2 is 1.94 bits per heavy atom.